The molecule has 1 unspecified atom stereocenters. The zero-order chi connectivity index (χ0) is 13.7. The maximum Gasteiger partial charge on any atom is 0.270 e. The predicted molar refractivity (Wildman–Crippen MR) is 72.8 cm³/mol. The molecule has 0 spiro atoms. The van der Waals surface area contributed by atoms with Crippen molar-refractivity contribution in [2.45, 2.75) is 13.0 Å². The molecular weight excluding hydrogens is 254 g/mol. The molecule has 0 saturated carbocycles. The third kappa shape index (κ3) is 3.63. The van der Waals surface area contributed by atoms with Gasteiger partial charge in [-0.3, -0.25) is 14.9 Å². The summed E-state index contributed by atoms with van der Waals surface area (Å²) in [6, 6.07) is 3.81. The molecule has 3 N–H and O–H groups in total. The maximum atomic E-state index is 11.9. The molecule has 6 nitrogen and oxygen atoms in total. The molecule has 0 saturated heterocycles. The zero-order valence-corrected chi connectivity index (χ0v) is 11.0. The SMILES string of the molecule is CSCC(C)NC(=O)c1cc([N+](=O)[O-])ccc1N. The highest BCUT2D eigenvalue weighted by Crippen LogP contribution is 2.19. The van der Waals surface area contributed by atoms with Crippen LogP contribution in [-0.2, 0) is 0 Å². The molecule has 1 rings (SSSR count). The van der Waals surface area contributed by atoms with Crippen molar-refractivity contribution in [1.82, 2.24) is 5.32 Å². The Bertz CT molecular complexity index is 465. The van der Waals surface area contributed by atoms with E-state index in [1.165, 1.54) is 18.2 Å². The van der Waals surface area contributed by atoms with Crippen LogP contribution in [0.2, 0.25) is 0 Å². The monoisotopic (exact) mass is 269 g/mol. The van der Waals surface area contributed by atoms with E-state index in [4.69, 9.17) is 5.73 Å². The van der Waals surface area contributed by atoms with Crippen molar-refractivity contribution < 1.29 is 9.72 Å². The molecule has 7 heteroatoms. The number of benzene rings is 1. The van der Waals surface area contributed by atoms with Crippen molar-refractivity contribution in [3.8, 4) is 0 Å². The average Bonchev–Trinajstić information content (AvgIpc) is 2.29. The van der Waals surface area contributed by atoms with Gasteiger partial charge < -0.3 is 11.1 Å². The van der Waals surface area contributed by atoms with Crippen LogP contribution in [0.25, 0.3) is 0 Å². The number of nitrogens with two attached hydrogens (primary N) is 1. The summed E-state index contributed by atoms with van der Waals surface area (Å²) >= 11 is 1.60. The van der Waals surface area contributed by atoms with Gasteiger partial charge >= 0.3 is 0 Å². The van der Waals surface area contributed by atoms with Gasteiger partial charge in [-0.1, -0.05) is 0 Å². The van der Waals surface area contributed by atoms with Crippen molar-refractivity contribution >= 4 is 29.0 Å². The van der Waals surface area contributed by atoms with Gasteiger partial charge in [0.2, 0.25) is 0 Å². The first-order valence-corrected chi connectivity index (χ1v) is 6.68. The number of nitro benzene ring substituents is 1. The molecular formula is C11H15N3O3S. The molecule has 0 aliphatic heterocycles. The number of anilines is 1. The van der Waals surface area contributed by atoms with Crippen LogP contribution in [0, 0.1) is 10.1 Å². The third-order valence-corrected chi connectivity index (χ3v) is 3.12. The number of carbonyl (C=O) groups is 1. The second-order valence-corrected chi connectivity index (χ2v) is 4.77. The maximum absolute atomic E-state index is 11.9. The molecule has 0 aliphatic carbocycles. The number of non-ortho nitro benzene ring substituents is 1. The minimum absolute atomic E-state index is 0.0221. The van der Waals surface area contributed by atoms with E-state index in [1.807, 2.05) is 13.2 Å². The van der Waals surface area contributed by atoms with E-state index in [0.29, 0.717) is 0 Å². The average molecular weight is 269 g/mol. The highest BCUT2D eigenvalue weighted by atomic mass is 32.2. The third-order valence-electron chi connectivity index (χ3n) is 2.29. The fourth-order valence-electron chi connectivity index (χ4n) is 1.45. The summed E-state index contributed by atoms with van der Waals surface area (Å²) in [6.45, 7) is 1.86. The van der Waals surface area contributed by atoms with E-state index in [2.05, 4.69) is 5.32 Å². The van der Waals surface area contributed by atoms with E-state index >= 15 is 0 Å². The first-order chi connectivity index (χ1) is 8.45. The molecule has 0 fully saturated rings. The van der Waals surface area contributed by atoms with Crippen LogP contribution in [0.15, 0.2) is 18.2 Å². The molecule has 18 heavy (non-hydrogen) atoms. The Balaban J connectivity index is 2.91. The van der Waals surface area contributed by atoms with E-state index in [0.717, 1.165) is 5.75 Å². The van der Waals surface area contributed by atoms with Crippen molar-refractivity contribution in [3.63, 3.8) is 0 Å². The number of nitrogens with one attached hydrogen (secondary N) is 1. The highest BCUT2D eigenvalue weighted by molar-refractivity contribution is 7.98. The fourth-order valence-corrected chi connectivity index (χ4v) is 2.03. The van der Waals surface area contributed by atoms with Gasteiger partial charge in [-0.15, -0.1) is 0 Å². The van der Waals surface area contributed by atoms with E-state index in [1.54, 1.807) is 11.8 Å². The van der Waals surface area contributed by atoms with Gasteiger partial charge in [-0.25, -0.2) is 0 Å². The summed E-state index contributed by atoms with van der Waals surface area (Å²) in [5.74, 6) is 0.373. The Morgan fingerprint density at radius 3 is 2.83 bits per heavy atom. The van der Waals surface area contributed by atoms with E-state index in [9.17, 15) is 14.9 Å². The van der Waals surface area contributed by atoms with Crippen molar-refractivity contribution in [2.75, 3.05) is 17.7 Å². The second-order valence-electron chi connectivity index (χ2n) is 3.86. The van der Waals surface area contributed by atoms with Crippen LogP contribution >= 0.6 is 11.8 Å². The summed E-state index contributed by atoms with van der Waals surface area (Å²) in [5, 5.41) is 13.4. The van der Waals surface area contributed by atoms with Crippen LogP contribution in [0.1, 0.15) is 17.3 Å². The number of nitrogens with zero attached hydrogens (tertiary/aromatic N) is 1. The Morgan fingerprint density at radius 2 is 2.28 bits per heavy atom. The van der Waals surface area contributed by atoms with Crippen LogP contribution in [0.4, 0.5) is 11.4 Å². The number of carbonyl (C=O) groups excluding carboxylic acids is 1. The number of rotatable bonds is 5. The molecule has 98 valence electrons. The summed E-state index contributed by atoms with van der Waals surface area (Å²) in [5.41, 5.74) is 5.87. The molecule has 0 aromatic heterocycles. The standard InChI is InChI=1S/C11H15N3O3S/c1-7(6-18-2)13-11(15)9-5-8(14(16)17)3-4-10(9)12/h3-5,7H,6,12H2,1-2H3,(H,13,15). The van der Waals surface area contributed by atoms with Gasteiger partial charge in [0.25, 0.3) is 11.6 Å². The zero-order valence-electron chi connectivity index (χ0n) is 10.2. The minimum Gasteiger partial charge on any atom is -0.398 e. The number of hydrogen-bond donors (Lipinski definition) is 2. The van der Waals surface area contributed by atoms with Gasteiger partial charge in [-0.2, -0.15) is 11.8 Å². The Labute approximate surface area is 109 Å². The van der Waals surface area contributed by atoms with Crippen molar-refractivity contribution in [2.24, 2.45) is 0 Å². The van der Waals surface area contributed by atoms with Crippen LogP contribution in [0.3, 0.4) is 0 Å². The van der Waals surface area contributed by atoms with Crippen molar-refractivity contribution in [1.29, 1.82) is 0 Å². The second kappa shape index (κ2) is 6.25. The van der Waals surface area contributed by atoms with Crippen LogP contribution < -0.4 is 11.1 Å². The smallest absolute Gasteiger partial charge is 0.270 e. The largest absolute Gasteiger partial charge is 0.398 e. The topological polar surface area (TPSA) is 98.3 Å². The molecule has 1 aromatic carbocycles. The lowest BCUT2D eigenvalue weighted by atomic mass is 10.1. The number of amides is 1. The molecule has 1 aromatic rings. The Kier molecular flexibility index (Phi) is 4.96. The lowest BCUT2D eigenvalue weighted by molar-refractivity contribution is -0.384. The molecule has 1 atom stereocenters. The highest BCUT2D eigenvalue weighted by Gasteiger charge is 2.16. The normalized spacial score (nSPS) is 11.9. The van der Waals surface area contributed by atoms with E-state index in [-0.39, 0.29) is 23.0 Å². The molecule has 0 bridgehead atoms. The molecule has 0 heterocycles. The van der Waals surface area contributed by atoms with Crippen LogP contribution in [0.5, 0.6) is 0 Å². The first-order valence-electron chi connectivity index (χ1n) is 5.29. The van der Waals surface area contributed by atoms with Gasteiger partial charge in [0.15, 0.2) is 0 Å². The molecule has 0 radical (unpaired) electrons. The van der Waals surface area contributed by atoms with Gasteiger partial charge in [0.05, 0.1) is 10.5 Å². The quantitative estimate of drug-likeness (QED) is 0.481. The number of nitro groups is 1. The predicted octanol–water partition coefficient (Wildman–Crippen LogP) is 1.66. The summed E-state index contributed by atoms with van der Waals surface area (Å²) in [7, 11) is 0. The number of hydrogen-bond acceptors (Lipinski definition) is 5. The molecule has 1 amide bonds. The summed E-state index contributed by atoms with van der Waals surface area (Å²) in [4.78, 5) is 22.0. The first kappa shape index (κ1) is 14.3. The number of nitrogen functional groups attached to an aromatic ring is 1. The van der Waals surface area contributed by atoms with Crippen LogP contribution in [-0.4, -0.2) is 28.9 Å². The Morgan fingerprint density at radius 1 is 1.61 bits per heavy atom. The summed E-state index contributed by atoms with van der Waals surface area (Å²) < 4.78 is 0. The lowest BCUT2D eigenvalue weighted by Gasteiger charge is -2.13. The summed E-state index contributed by atoms with van der Waals surface area (Å²) in [6.07, 6.45) is 1.93. The lowest BCUT2D eigenvalue weighted by Crippen LogP contribution is -2.34. The number of thioether (sulfide) groups is 1. The van der Waals surface area contributed by atoms with Gasteiger partial charge in [-0.05, 0) is 19.2 Å². The fraction of sp³-hybridized carbons (Fsp3) is 0.364. The van der Waals surface area contributed by atoms with Gasteiger partial charge in [0.1, 0.15) is 0 Å². The minimum atomic E-state index is -0.554. The van der Waals surface area contributed by atoms with E-state index < -0.39 is 10.8 Å². The Hall–Kier alpha value is -1.76. The van der Waals surface area contributed by atoms with Gasteiger partial charge in [0, 0.05) is 29.6 Å². The van der Waals surface area contributed by atoms with Crippen molar-refractivity contribution in [3.05, 3.63) is 33.9 Å². The molecule has 0 aliphatic rings.